The van der Waals surface area contributed by atoms with E-state index in [1.807, 2.05) is 57.5 Å². The van der Waals surface area contributed by atoms with E-state index in [-0.39, 0.29) is 5.92 Å². The predicted octanol–water partition coefficient (Wildman–Crippen LogP) is 8.78. The highest BCUT2D eigenvalue weighted by Crippen LogP contribution is 2.44. The van der Waals surface area contributed by atoms with E-state index in [1.165, 1.54) is 4.68 Å². The molecule has 0 saturated heterocycles. The van der Waals surface area contributed by atoms with Crippen molar-refractivity contribution in [1.29, 1.82) is 5.41 Å². The summed E-state index contributed by atoms with van der Waals surface area (Å²) < 4.78 is 12.5. The van der Waals surface area contributed by atoms with Gasteiger partial charge in [-0.3, -0.25) is 4.99 Å². The molecule has 1 aromatic heterocycles. The third kappa shape index (κ3) is 7.02. The molecular weight excluding hydrogens is 614 g/mol. The number of nitrogens with zero attached hydrogens (tertiary/aromatic N) is 3. The van der Waals surface area contributed by atoms with E-state index < -0.39 is 28.9 Å². The summed E-state index contributed by atoms with van der Waals surface area (Å²) in [5.41, 5.74) is 5.12. The molecule has 1 amide bonds. The molecular formula is C40H44N5O4+. The molecule has 9 nitrogen and oxygen atoms in total. The van der Waals surface area contributed by atoms with Crippen molar-refractivity contribution in [2.75, 3.05) is 0 Å². The van der Waals surface area contributed by atoms with Crippen LogP contribution in [0.2, 0.25) is 0 Å². The number of rotatable bonds is 9. The molecule has 1 saturated carbocycles. The van der Waals surface area contributed by atoms with Crippen molar-refractivity contribution in [2.45, 2.75) is 83.5 Å². The fourth-order valence-electron chi connectivity index (χ4n) is 6.45. The minimum absolute atomic E-state index is 0.0194. The summed E-state index contributed by atoms with van der Waals surface area (Å²) in [4.78, 5) is 31.6. The standard InChI is InChI=1S/C40H43N5O4/c1-6-38(2,3)48-36(46)44-40(23-11-24-40)30-19-16-29(17-20-30)34-31(27-12-8-7-9-13-27)21-18-28-14-10-15-32(35(28)43-34)33-22-25-42-45(33)37(47)49-39(4,5)26-41/h6-10,12-17,19-20,22,25-26,28,41H,11,18,21,23-24H2,1-5H3/p+1. The molecule has 9 heteroatoms. The number of amides is 1. The van der Waals surface area contributed by atoms with Crippen molar-refractivity contribution < 1.29 is 19.1 Å². The van der Waals surface area contributed by atoms with Gasteiger partial charge in [0.2, 0.25) is 5.60 Å². The fourth-order valence-corrected chi connectivity index (χ4v) is 6.45. The molecule has 3 aliphatic rings. The normalized spacial score (nSPS) is 18.6. The molecule has 2 aliphatic carbocycles. The van der Waals surface area contributed by atoms with E-state index >= 15 is 0 Å². The number of ether oxygens (including phenoxy) is 2. The molecule has 0 bridgehead atoms. The Bertz CT molecular complexity index is 1860. The maximum absolute atomic E-state index is 13.2. The van der Waals surface area contributed by atoms with Crippen LogP contribution in [0.3, 0.4) is 0 Å². The number of fused-ring (bicyclic) bond motifs is 1. The van der Waals surface area contributed by atoms with Crippen LogP contribution >= 0.6 is 0 Å². The van der Waals surface area contributed by atoms with E-state index in [4.69, 9.17) is 19.9 Å². The van der Waals surface area contributed by atoms with E-state index in [0.29, 0.717) is 5.69 Å². The number of carbonyl (C=O) groups is 2. The van der Waals surface area contributed by atoms with Gasteiger partial charge in [0.25, 0.3) is 0 Å². The van der Waals surface area contributed by atoms with Crippen LogP contribution in [0, 0.1) is 17.7 Å². The van der Waals surface area contributed by atoms with Gasteiger partial charge in [-0.15, -0.1) is 0 Å². The number of carbonyl (C=O) groups excluding carboxylic acids is 2. The van der Waals surface area contributed by atoms with Crippen LogP contribution in [-0.4, -0.2) is 45.1 Å². The second-order valence-electron chi connectivity index (χ2n) is 14.0. The first-order valence-corrected chi connectivity index (χ1v) is 16.9. The predicted molar refractivity (Wildman–Crippen MR) is 193 cm³/mol. The molecule has 2 N–H and O–H groups in total. The summed E-state index contributed by atoms with van der Waals surface area (Å²) in [6.07, 6.45) is 13.9. The van der Waals surface area contributed by atoms with Crippen LogP contribution in [0.4, 0.5) is 9.59 Å². The summed E-state index contributed by atoms with van der Waals surface area (Å²) in [6.45, 7) is 8.93. The lowest BCUT2D eigenvalue weighted by molar-refractivity contribution is 0.0454. The van der Waals surface area contributed by atoms with E-state index in [1.54, 1.807) is 26.1 Å². The molecule has 0 spiro atoms. The van der Waals surface area contributed by atoms with Crippen LogP contribution in [0.25, 0.3) is 16.8 Å². The Morgan fingerprint density at radius 2 is 1.76 bits per heavy atom. The Morgan fingerprint density at radius 3 is 2.41 bits per heavy atom. The third-order valence-electron chi connectivity index (χ3n) is 9.68. The minimum Gasteiger partial charge on any atom is -0.436 e. The van der Waals surface area contributed by atoms with Crippen molar-refractivity contribution in [2.24, 2.45) is 10.9 Å². The van der Waals surface area contributed by atoms with E-state index in [0.717, 1.165) is 77.6 Å². The first-order chi connectivity index (χ1) is 23.4. The Kier molecular flexibility index (Phi) is 9.20. The van der Waals surface area contributed by atoms with Crippen LogP contribution in [-0.2, 0) is 15.0 Å². The van der Waals surface area contributed by atoms with Gasteiger partial charge in [0.15, 0.2) is 0 Å². The van der Waals surface area contributed by atoms with Gasteiger partial charge in [0, 0.05) is 37.1 Å². The summed E-state index contributed by atoms with van der Waals surface area (Å²) in [7, 11) is 0. The second-order valence-corrected chi connectivity index (χ2v) is 14.0. The van der Waals surface area contributed by atoms with Gasteiger partial charge < -0.3 is 20.2 Å². The van der Waals surface area contributed by atoms with Crippen molar-refractivity contribution in [3.8, 4) is 0 Å². The monoisotopic (exact) mass is 658 g/mol. The lowest BCUT2D eigenvalue weighted by atomic mass is 9.71. The second kappa shape index (κ2) is 13.4. The van der Waals surface area contributed by atoms with Gasteiger partial charge in [-0.05, 0) is 68.7 Å². The summed E-state index contributed by atoms with van der Waals surface area (Å²) in [5, 5.41) is 15.1. The molecule has 1 unspecified atom stereocenters. The number of aromatic nitrogens is 2. The molecule has 1 atom stereocenters. The SMILES string of the molecule is C[CH+]C(C)(C)OC(=O)NC1(c2ccc(C3=C(c4ccccc4)CCC4C=CC=C(c5ccnn5C(=O)OC(C)(C)C=N)C4=N3)cc2)CCC1. The highest BCUT2D eigenvalue weighted by Gasteiger charge is 2.42. The highest BCUT2D eigenvalue weighted by atomic mass is 16.6. The topological polar surface area (TPSA) is 119 Å². The summed E-state index contributed by atoms with van der Waals surface area (Å²) in [5.74, 6) is 0.0194. The molecule has 252 valence electrons. The highest BCUT2D eigenvalue weighted by molar-refractivity contribution is 6.28. The Balaban J connectivity index is 1.39. The van der Waals surface area contributed by atoms with Gasteiger partial charge in [-0.1, -0.05) is 72.8 Å². The number of nitrogens with one attached hydrogen (secondary N) is 2. The maximum atomic E-state index is 13.2. The van der Waals surface area contributed by atoms with Gasteiger partial charge in [-0.25, -0.2) is 9.59 Å². The van der Waals surface area contributed by atoms with Crippen molar-refractivity contribution in [3.63, 3.8) is 0 Å². The van der Waals surface area contributed by atoms with Crippen molar-refractivity contribution in [1.82, 2.24) is 15.1 Å². The molecule has 3 aromatic rings. The number of allylic oxidation sites excluding steroid dienone is 5. The number of hydrogen-bond acceptors (Lipinski definition) is 7. The number of alkyl carbamates (subject to hydrolysis) is 1. The van der Waals surface area contributed by atoms with Crippen LogP contribution < -0.4 is 5.32 Å². The molecule has 6 rings (SSSR count). The van der Waals surface area contributed by atoms with Gasteiger partial charge in [0.05, 0.1) is 35.8 Å². The minimum atomic E-state index is -1.07. The van der Waals surface area contributed by atoms with Crippen LogP contribution in [0.15, 0.2) is 90.1 Å². The number of hydrogen-bond donors (Lipinski definition) is 2. The average molecular weight is 659 g/mol. The zero-order chi connectivity index (χ0) is 34.8. The summed E-state index contributed by atoms with van der Waals surface area (Å²) in [6, 6.07) is 20.5. The van der Waals surface area contributed by atoms with Gasteiger partial charge >= 0.3 is 12.2 Å². The lowest BCUT2D eigenvalue weighted by Gasteiger charge is -2.43. The molecule has 1 fully saturated rings. The van der Waals surface area contributed by atoms with E-state index in [2.05, 4.69) is 52.9 Å². The Labute approximate surface area is 288 Å². The Hall–Kier alpha value is -5.18. The van der Waals surface area contributed by atoms with Gasteiger partial charge in [-0.2, -0.15) is 9.78 Å². The smallest absolute Gasteiger partial charge is 0.436 e. The molecule has 0 radical (unpaired) electrons. The van der Waals surface area contributed by atoms with Gasteiger partial charge in [0.1, 0.15) is 12.0 Å². The zero-order valence-corrected chi connectivity index (χ0v) is 28.8. The lowest BCUT2D eigenvalue weighted by Crippen LogP contribution is -2.52. The number of aliphatic imine (C=N–C) groups is 1. The zero-order valence-electron chi connectivity index (χ0n) is 28.8. The molecule has 2 aromatic carbocycles. The first-order valence-electron chi connectivity index (χ1n) is 16.9. The van der Waals surface area contributed by atoms with E-state index in [9.17, 15) is 9.59 Å². The van der Waals surface area contributed by atoms with Crippen LogP contribution in [0.1, 0.15) is 89.1 Å². The quantitative estimate of drug-likeness (QED) is 0.176. The van der Waals surface area contributed by atoms with Crippen LogP contribution in [0.5, 0.6) is 0 Å². The molecule has 49 heavy (non-hydrogen) atoms. The summed E-state index contributed by atoms with van der Waals surface area (Å²) >= 11 is 0. The fraction of sp³-hybridized carbons (Fsp3) is 0.350. The molecule has 2 heterocycles. The maximum Gasteiger partial charge on any atom is 0.436 e. The van der Waals surface area contributed by atoms with Crippen molar-refractivity contribution in [3.05, 3.63) is 114 Å². The Morgan fingerprint density at radius 1 is 1.02 bits per heavy atom. The van der Waals surface area contributed by atoms with Crippen molar-refractivity contribution >= 4 is 41.0 Å². The first kappa shape index (κ1) is 33.7. The molecule has 1 aliphatic heterocycles. The third-order valence-corrected chi connectivity index (χ3v) is 9.68. The average Bonchev–Trinajstić information content (AvgIpc) is 3.48. The largest absolute Gasteiger partial charge is 0.436 e. The number of benzene rings is 2.